The first-order chi connectivity index (χ1) is 9.58. The number of aromatic amines is 1. The molecule has 1 aromatic heterocycles. The molecule has 0 amide bonds. The van der Waals surface area contributed by atoms with Crippen LogP contribution in [0.25, 0.3) is 22.3 Å². The summed E-state index contributed by atoms with van der Waals surface area (Å²) in [6, 6.07) is 9.14. The van der Waals surface area contributed by atoms with Crippen molar-refractivity contribution in [3.63, 3.8) is 0 Å². The Kier molecular flexibility index (Phi) is 2.91. The Morgan fingerprint density at radius 2 is 1.95 bits per heavy atom. The summed E-state index contributed by atoms with van der Waals surface area (Å²) in [6.45, 7) is 0. The fourth-order valence-corrected chi connectivity index (χ4v) is 2.13. The van der Waals surface area contributed by atoms with Crippen molar-refractivity contribution < 1.29 is 9.50 Å². The van der Waals surface area contributed by atoms with Gasteiger partial charge in [-0.25, -0.2) is 9.37 Å². The van der Waals surface area contributed by atoms with Gasteiger partial charge in [0, 0.05) is 0 Å². The minimum atomic E-state index is -0.829. The summed E-state index contributed by atoms with van der Waals surface area (Å²) in [5, 5.41) is 10.0. The number of phenolic OH excluding ortho intramolecular Hbond substituents is 1. The van der Waals surface area contributed by atoms with E-state index in [-0.39, 0.29) is 22.2 Å². The van der Waals surface area contributed by atoms with Crippen molar-refractivity contribution in [2.45, 2.75) is 0 Å². The standard InChI is InChI=1S/C14H8ClFN2O2/c15-8-5-6-10(19)11(12(8)16)13-17-9-4-2-1-3-7(9)14(20)18-13/h1-6,19H,(H,17,18,20). The Labute approximate surface area is 117 Å². The number of para-hydroxylation sites is 1. The summed E-state index contributed by atoms with van der Waals surface area (Å²) in [5.41, 5.74) is -0.227. The molecule has 0 bridgehead atoms. The van der Waals surface area contributed by atoms with E-state index in [2.05, 4.69) is 9.97 Å². The van der Waals surface area contributed by atoms with Gasteiger partial charge in [-0.05, 0) is 24.3 Å². The third-order valence-electron chi connectivity index (χ3n) is 2.92. The van der Waals surface area contributed by atoms with Gasteiger partial charge in [-0.3, -0.25) is 4.79 Å². The predicted molar refractivity (Wildman–Crippen MR) is 74.4 cm³/mol. The van der Waals surface area contributed by atoms with Crippen LogP contribution in [0.1, 0.15) is 0 Å². The maximum absolute atomic E-state index is 14.0. The lowest BCUT2D eigenvalue weighted by molar-refractivity contribution is 0.471. The van der Waals surface area contributed by atoms with E-state index in [1.165, 1.54) is 12.1 Å². The zero-order valence-corrected chi connectivity index (χ0v) is 10.8. The lowest BCUT2D eigenvalue weighted by atomic mass is 10.1. The van der Waals surface area contributed by atoms with Gasteiger partial charge in [-0.1, -0.05) is 23.7 Å². The summed E-state index contributed by atoms with van der Waals surface area (Å²) in [7, 11) is 0. The number of benzene rings is 2. The molecule has 0 radical (unpaired) electrons. The van der Waals surface area contributed by atoms with Crippen molar-refractivity contribution >= 4 is 22.5 Å². The molecule has 0 fully saturated rings. The van der Waals surface area contributed by atoms with Gasteiger partial charge in [0.1, 0.15) is 11.6 Å². The first kappa shape index (κ1) is 12.6. The van der Waals surface area contributed by atoms with Crippen LogP contribution in [0.3, 0.4) is 0 Å². The van der Waals surface area contributed by atoms with Gasteiger partial charge >= 0.3 is 0 Å². The van der Waals surface area contributed by atoms with Crippen LogP contribution in [0.15, 0.2) is 41.2 Å². The second-order valence-electron chi connectivity index (χ2n) is 4.19. The van der Waals surface area contributed by atoms with E-state index in [1.54, 1.807) is 24.3 Å². The van der Waals surface area contributed by atoms with Crippen LogP contribution in [-0.2, 0) is 0 Å². The molecule has 0 unspecified atom stereocenters. The van der Waals surface area contributed by atoms with Crippen LogP contribution < -0.4 is 5.56 Å². The Morgan fingerprint density at radius 3 is 2.75 bits per heavy atom. The Morgan fingerprint density at radius 1 is 1.20 bits per heavy atom. The molecule has 6 heteroatoms. The highest BCUT2D eigenvalue weighted by Crippen LogP contribution is 2.33. The van der Waals surface area contributed by atoms with Crippen LogP contribution in [-0.4, -0.2) is 15.1 Å². The highest BCUT2D eigenvalue weighted by Gasteiger charge is 2.17. The lowest BCUT2D eigenvalue weighted by Crippen LogP contribution is -2.10. The fraction of sp³-hybridized carbons (Fsp3) is 0. The molecule has 2 N–H and O–H groups in total. The molecule has 0 aliphatic rings. The van der Waals surface area contributed by atoms with Gasteiger partial charge in [0.05, 0.1) is 21.5 Å². The SMILES string of the molecule is O=c1[nH]c(-c2c(O)ccc(Cl)c2F)nc2ccccc12. The predicted octanol–water partition coefficient (Wildman–Crippen LogP) is 3.09. The fourth-order valence-electron chi connectivity index (χ4n) is 1.97. The van der Waals surface area contributed by atoms with E-state index in [1.807, 2.05) is 0 Å². The second kappa shape index (κ2) is 4.61. The van der Waals surface area contributed by atoms with Crippen LogP contribution >= 0.6 is 11.6 Å². The maximum atomic E-state index is 14.0. The van der Waals surface area contributed by atoms with Crippen LogP contribution in [0, 0.1) is 5.82 Å². The molecule has 3 aromatic rings. The molecule has 1 heterocycles. The van der Waals surface area contributed by atoms with Crippen molar-refractivity contribution in [1.82, 2.24) is 9.97 Å². The molecule has 0 spiro atoms. The minimum Gasteiger partial charge on any atom is -0.507 e. The molecule has 0 atom stereocenters. The molecule has 4 nitrogen and oxygen atoms in total. The van der Waals surface area contributed by atoms with E-state index in [4.69, 9.17) is 11.6 Å². The second-order valence-corrected chi connectivity index (χ2v) is 4.59. The number of rotatable bonds is 1. The molecule has 0 aliphatic heterocycles. The van der Waals surface area contributed by atoms with E-state index in [0.717, 1.165) is 0 Å². The van der Waals surface area contributed by atoms with Crippen molar-refractivity contribution in [1.29, 1.82) is 0 Å². The number of halogens is 2. The topological polar surface area (TPSA) is 66.0 Å². The molecular formula is C14H8ClFN2O2. The average molecular weight is 291 g/mol. The summed E-state index contributed by atoms with van der Waals surface area (Å²) in [4.78, 5) is 18.6. The van der Waals surface area contributed by atoms with Crippen molar-refractivity contribution in [2.24, 2.45) is 0 Å². The van der Waals surface area contributed by atoms with Gasteiger partial charge < -0.3 is 10.1 Å². The van der Waals surface area contributed by atoms with E-state index >= 15 is 0 Å². The summed E-state index contributed by atoms with van der Waals surface area (Å²) in [6.07, 6.45) is 0. The van der Waals surface area contributed by atoms with Crippen LogP contribution in [0.4, 0.5) is 4.39 Å². The monoisotopic (exact) mass is 290 g/mol. The molecule has 20 heavy (non-hydrogen) atoms. The summed E-state index contributed by atoms with van der Waals surface area (Å²) < 4.78 is 14.0. The number of phenols is 1. The molecule has 3 rings (SSSR count). The lowest BCUT2D eigenvalue weighted by Gasteiger charge is -2.07. The Balaban J connectivity index is 2.36. The zero-order chi connectivity index (χ0) is 14.3. The number of aromatic hydroxyl groups is 1. The number of aromatic nitrogens is 2. The summed E-state index contributed by atoms with van der Waals surface area (Å²) in [5.74, 6) is -1.23. The largest absolute Gasteiger partial charge is 0.507 e. The molecule has 0 saturated carbocycles. The zero-order valence-electron chi connectivity index (χ0n) is 10.0. The highest BCUT2D eigenvalue weighted by atomic mass is 35.5. The van der Waals surface area contributed by atoms with Crippen LogP contribution in [0.5, 0.6) is 5.75 Å². The van der Waals surface area contributed by atoms with E-state index in [0.29, 0.717) is 10.9 Å². The molecule has 100 valence electrons. The quantitative estimate of drug-likeness (QED) is 0.724. The van der Waals surface area contributed by atoms with Crippen molar-refractivity contribution in [3.05, 3.63) is 57.6 Å². The number of fused-ring (bicyclic) bond motifs is 1. The molecule has 2 aromatic carbocycles. The highest BCUT2D eigenvalue weighted by molar-refractivity contribution is 6.31. The summed E-state index contributed by atoms with van der Waals surface area (Å²) >= 11 is 5.69. The Bertz CT molecular complexity index is 877. The number of H-pyrrole nitrogens is 1. The van der Waals surface area contributed by atoms with Gasteiger partial charge in [0.15, 0.2) is 5.82 Å². The molecular weight excluding hydrogens is 283 g/mol. The number of hydrogen-bond donors (Lipinski definition) is 2. The number of nitrogens with zero attached hydrogens (tertiary/aromatic N) is 1. The van der Waals surface area contributed by atoms with Gasteiger partial charge in [0.2, 0.25) is 0 Å². The van der Waals surface area contributed by atoms with Crippen molar-refractivity contribution in [3.8, 4) is 17.1 Å². The van der Waals surface area contributed by atoms with Crippen molar-refractivity contribution in [2.75, 3.05) is 0 Å². The number of nitrogens with one attached hydrogen (secondary N) is 1. The third-order valence-corrected chi connectivity index (χ3v) is 3.21. The maximum Gasteiger partial charge on any atom is 0.259 e. The van der Waals surface area contributed by atoms with Gasteiger partial charge in [-0.2, -0.15) is 0 Å². The normalized spacial score (nSPS) is 10.9. The van der Waals surface area contributed by atoms with Gasteiger partial charge in [0.25, 0.3) is 5.56 Å². The first-order valence-electron chi connectivity index (χ1n) is 5.74. The molecule has 0 saturated heterocycles. The minimum absolute atomic E-state index is 0.0637. The number of hydrogen-bond acceptors (Lipinski definition) is 3. The Hall–Kier alpha value is -2.40. The van der Waals surface area contributed by atoms with E-state index in [9.17, 15) is 14.3 Å². The van der Waals surface area contributed by atoms with Gasteiger partial charge in [-0.15, -0.1) is 0 Å². The molecule has 0 aliphatic carbocycles. The average Bonchev–Trinajstić information content (AvgIpc) is 2.44. The van der Waals surface area contributed by atoms with E-state index < -0.39 is 11.4 Å². The third kappa shape index (κ3) is 1.92. The first-order valence-corrected chi connectivity index (χ1v) is 6.12. The smallest absolute Gasteiger partial charge is 0.259 e. The van der Waals surface area contributed by atoms with Crippen LogP contribution in [0.2, 0.25) is 5.02 Å².